The zero-order chi connectivity index (χ0) is 27.8. The van der Waals surface area contributed by atoms with Gasteiger partial charge in [-0.15, -0.1) is 0 Å². The van der Waals surface area contributed by atoms with Crippen molar-refractivity contribution in [2.24, 2.45) is 5.73 Å². The van der Waals surface area contributed by atoms with E-state index in [1.165, 1.54) is 24.4 Å². The number of halogens is 1. The summed E-state index contributed by atoms with van der Waals surface area (Å²) in [7, 11) is 0. The Morgan fingerprint density at radius 3 is 2.44 bits per heavy atom. The summed E-state index contributed by atoms with van der Waals surface area (Å²) in [4.78, 5) is 35.5. The van der Waals surface area contributed by atoms with Gasteiger partial charge in [-0.3, -0.25) is 14.6 Å². The Labute approximate surface area is 230 Å². The maximum Gasteiger partial charge on any atom is 0.260 e. The van der Waals surface area contributed by atoms with Crippen molar-refractivity contribution in [1.82, 2.24) is 14.9 Å². The summed E-state index contributed by atoms with van der Waals surface area (Å²) in [5.74, 6) is 0.846. The van der Waals surface area contributed by atoms with Crippen molar-refractivity contribution in [2.75, 3.05) is 37.7 Å². The molecule has 11 heteroatoms. The number of phenolic OH excluding ortho intramolecular Hbond substituents is 1. The molecule has 4 aromatic rings. The molecule has 0 bridgehead atoms. The molecule has 0 aliphatic carbocycles. The number of piperazine rings is 1. The number of ether oxygens (including phenoxy) is 1. The van der Waals surface area contributed by atoms with Crippen LogP contribution >= 0.6 is 11.6 Å². The number of hydrogen-bond donors (Lipinski definition) is 3. The average Bonchev–Trinajstić information content (AvgIpc) is 2.98. The predicted molar refractivity (Wildman–Crippen MR) is 150 cm³/mol. The number of benzene rings is 3. The number of amides is 2. The zero-order valence-corrected chi connectivity index (χ0v) is 21.7. The van der Waals surface area contributed by atoms with Gasteiger partial charge in [-0.05, 0) is 35.7 Å². The van der Waals surface area contributed by atoms with E-state index in [1.54, 1.807) is 18.6 Å². The number of nitrogens with one attached hydrogen (secondary N) is 1. The molecule has 2 amide bonds. The molecule has 0 unspecified atom stereocenters. The number of nitrogens with two attached hydrogens (primary N) is 1. The van der Waals surface area contributed by atoms with Crippen LogP contribution in [0.1, 0.15) is 15.9 Å². The minimum atomic E-state index is -0.563. The molecular weight excluding hydrogens is 520 g/mol. The quantitative estimate of drug-likeness (QED) is 0.314. The van der Waals surface area contributed by atoms with E-state index >= 15 is 0 Å². The summed E-state index contributed by atoms with van der Waals surface area (Å²) < 4.78 is 5.84. The van der Waals surface area contributed by atoms with Crippen molar-refractivity contribution in [2.45, 2.75) is 0 Å². The van der Waals surface area contributed by atoms with Crippen LogP contribution in [-0.2, 0) is 4.79 Å². The Morgan fingerprint density at radius 1 is 1.05 bits per heavy atom. The Balaban J connectivity index is 0.000000270. The molecule has 10 nitrogen and oxygen atoms in total. The number of nitrogens with zero attached hydrogens (tertiary/aromatic N) is 4. The van der Waals surface area contributed by atoms with Crippen LogP contribution in [0.4, 0.5) is 5.82 Å². The second-order valence-corrected chi connectivity index (χ2v) is 9.00. The molecule has 1 aliphatic rings. The lowest BCUT2D eigenvalue weighted by Crippen LogP contribution is -2.50. The smallest absolute Gasteiger partial charge is 0.260 e. The van der Waals surface area contributed by atoms with Crippen LogP contribution in [0.3, 0.4) is 0 Å². The van der Waals surface area contributed by atoms with Gasteiger partial charge in [0, 0.05) is 61.3 Å². The van der Waals surface area contributed by atoms with Crippen LogP contribution in [0.15, 0.2) is 73.2 Å². The minimum Gasteiger partial charge on any atom is -0.506 e. The third-order valence-electron chi connectivity index (χ3n) is 6.16. The standard InChI is InChI=1S/C21H21N5O2.C7H6ClNO2/c22-13-16-5-6-19(18-4-2-1-3-17(16)18)28-15-21(27)26-11-9-25(10-12-26)20-14-23-7-8-24-20;8-5-3-4(7(9)11)1-2-6(5)10/h1-8,13-14,22H,9-12,15H2;1-3,10H,(H2,9,11). The fourth-order valence-corrected chi connectivity index (χ4v) is 4.26. The highest BCUT2D eigenvalue weighted by atomic mass is 35.5. The summed E-state index contributed by atoms with van der Waals surface area (Å²) in [6.07, 6.45) is 6.39. The van der Waals surface area contributed by atoms with Gasteiger partial charge in [0.15, 0.2) is 6.61 Å². The second-order valence-electron chi connectivity index (χ2n) is 8.59. The van der Waals surface area contributed by atoms with Crippen LogP contribution in [0, 0.1) is 5.41 Å². The number of carbonyl (C=O) groups is 2. The maximum atomic E-state index is 12.6. The van der Waals surface area contributed by atoms with Gasteiger partial charge in [0.05, 0.1) is 11.2 Å². The predicted octanol–water partition coefficient (Wildman–Crippen LogP) is 3.50. The maximum absolute atomic E-state index is 12.6. The molecule has 0 atom stereocenters. The number of primary amides is 1. The number of phenols is 1. The lowest BCUT2D eigenvalue weighted by atomic mass is 10.0. The first kappa shape index (κ1) is 27.3. The number of anilines is 1. The minimum absolute atomic E-state index is 0.000920. The molecule has 1 aliphatic heterocycles. The summed E-state index contributed by atoms with van der Waals surface area (Å²) >= 11 is 5.50. The van der Waals surface area contributed by atoms with Crippen molar-refractivity contribution in [3.63, 3.8) is 0 Å². The van der Waals surface area contributed by atoms with Crippen molar-refractivity contribution < 1.29 is 19.4 Å². The molecule has 2 heterocycles. The van der Waals surface area contributed by atoms with Crippen LogP contribution < -0.4 is 15.4 Å². The molecular formula is C28H27ClN6O4. The first-order chi connectivity index (χ1) is 18.9. The van der Waals surface area contributed by atoms with E-state index in [1.807, 2.05) is 41.3 Å². The van der Waals surface area contributed by atoms with E-state index < -0.39 is 5.91 Å². The third-order valence-corrected chi connectivity index (χ3v) is 6.47. The van der Waals surface area contributed by atoms with Gasteiger partial charge < -0.3 is 30.8 Å². The van der Waals surface area contributed by atoms with Crippen molar-refractivity contribution in [3.05, 3.63) is 89.3 Å². The molecule has 3 aromatic carbocycles. The van der Waals surface area contributed by atoms with Crippen molar-refractivity contribution in [1.29, 1.82) is 5.41 Å². The van der Waals surface area contributed by atoms with Gasteiger partial charge >= 0.3 is 0 Å². The van der Waals surface area contributed by atoms with Crippen LogP contribution in [0.5, 0.6) is 11.5 Å². The summed E-state index contributed by atoms with van der Waals surface area (Å²) in [6.45, 7) is 2.71. The molecule has 5 rings (SSSR count). The number of hydrogen-bond acceptors (Lipinski definition) is 8. The second kappa shape index (κ2) is 12.7. The van der Waals surface area contributed by atoms with Gasteiger partial charge in [0.2, 0.25) is 5.91 Å². The van der Waals surface area contributed by atoms with E-state index in [2.05, 4.69) is 14.9 Å². The summed E-state index contributed by atoms with van der Waals surface area (Å²) in [6, 6.07) is 15.5. The van der Waals surface area contributed by atoms with Gasteiger partial charge in [-0.2, -0.15) is 0 Å². The van der Waals surface area contributed by atoms with E-state index in [0.717, 1.165) is 35.2 Å². The molecule has 0 saturated carbocycles. The Kier molecular flexibility index (Phi) is 8.90. The van der Waals surface area contributed by atoms with Crippen LogP contribution in [0.2, 0.25) is 5.02 Å². The fraction of sp³-hybridized carbons (Fsp3) is 0.179. The lowest BCUT2D eigenvalue weighted by molar-refractivity contribution is -0.133. The molecule has 200 valence electrons. The Hall–Kier alpha value is -4.70. The highest BCUT2D eigenvalue weighted by Gasteiger charge is 2.22. The Bertz CT molecular complexity index is 1480. The lowest BCUT2D eigenvalue weighted by Gasteiger charge is -2.35. The van der Waals surface area contributed by atoms with Gasteiger partial charge in [0.1, 0.15) is 17.3 Å². The van der Waals surface area contributed by atoms with Crippen molar-refractivity contribution >= 4 is 46.2 Å². The zero-order valence-electron chi connectivity index (χ0n) is 21.0. The average molecular weight is 547 g/mol. The monoisotopic (exact) mass is 546 g/mol. The summed E-state index contributed by atoms with van der Waals surface area (Å²) in [5, 5.41) is 18.5. The molecule has 1 saturated heterocycles. The van der Waals surface area contributed by atoms with E-state index in [-0.39, 0.29) is 28.8 Å². The normalized spacial score (nSPS) is 12.8. The number of aromatic hydroxyl groups is 1. The molecule has 1 aromatic heterocycles. The third kappa shape index (κ3) is 6.79. The Morgan fingerprint density at radius 2 is 1.79 bits per heavy atom. The number of fused-ring (bicyclic) bond motifs is 1. The van der Waals surface area contributed by atoms with Gasteiger partial charge in [-0.25, -0.2) is 4.98 Å². The first-order valence-electron chi connectivity index (χ1n) is 12.1. The van der Waals surface area contributed by atoms with Crippen molar-refractivity contribution in [3.8, 4) is 11.5 Å². The highest BCUT2D eigenvalue weighted by molar-refractivity contribution is 6.32. The first-order valence-corrected chi connectivity index (χ1v) is 12.5. The number of aromatic nitrogens is 2. The molecule has 0 radical (unpaired) electrons. The molecule has 0 spiro atoms. The molecule has 39 heavy (non-hydrogen) atoms. The summed E-state index contributed by atoms with van der Waals surface area (Å²) in [5.41, 5.74) is 6.07. The molecule has 1 fully saturated rings. The van der Waals surface area contributed by atoms with E-state index in [0.29, 0.717) is 18.8 Å². The largest absolute Gasteiger partial charge is 0.506 e. The van der Waals surface area contributed by atoms with Gasteiger partial charge in [-0.1, -0.05) is 35.9 Å². The van der Waals surface area contributed by atoms with E-state index in [9.17, 15) is 9.59 Å². The fourth-order valence-electron chi connectivity index (χ4n) is 4.08. The van der Waals surface area contributed by atoms with E-state index in [4.69, 9.17) is 32.6 Å². The topological polar surface area (TPSA) is 146 Å². The van der Waals surface area contributed by atoms with Crippen LogP contribution in [0.25, 0.3) is 10.8 Å². The number of rotatable bonds is 6. The molecule has 4 N–H and O–H groups in total. The SMILES string of the molecule is N=Cc1ccc(OCC(=O)N2CCN(c3cnccn3)CC2)c2ccccc12.NC(=O)c1ccc(O)c(Cl)c1. The number of carbonyl (C=O) groups excluding carboxylic acids is 2. The highest BCUT2D eigenvalue weighted by Crippen LogP contribution is 2.28. The van der Waals surface area contributed by atoms with Crippen LogP contribution in [-0.4, -0.2) is 70.8 Å². The van der Waals surface area contributed by atoms with Gasteiger partial charge in [0.25, 0.3) is 5.91 Å².